The number of halogens is 3. The highest BCUT2D eigenvalue weighted by Gasteiger charge is 2.39. The van der Waals surface area contributed by atoms with E-state index in [4.69, 9.17) is 5.11 Å². The third-order valence-corrected chi connectivity index (χ3v) is 5.72. The molecular formula is C27H22F3N3O4. The summed E-state index contributed by atoms with van der Waals surface area (Å²) >= 11 is 0. The van der Waals surface area contributed by atoms with Gasteiger partial charge in [0.2, 0.25) is 0 Å². The second-order valence-electron chi connectivity index (χ2n) is 8.70. The molecule has 3 aromatic carbocycles. The summed E-state index contributed by atoms with van der Waals surface area (Å²) in [5, 5.41) is 23.5. The van der Waals surface area contributed by atoms with Gasteiger partial charge in [-0.05, 0) is 86.0 Å². The number of aryl methyl sites for hydroxylation is 2. The summed E-state index contributed by atoms with van der Waals surface area (Å²) in [6.45, 7) is 5.05. The molecule has 4 rings (SSSR count). The summed E-state index contributed by atoms with van der Waals surface area (Å²) in [5.41, 5.74) is 4.48. The number of aromatic hydroxyl groups is 1. The quantitative estimate of drug-likeness (QED) is 0.222. The number of benzene rings is 3. The zero-order valence-corrected chi connectivity index (χ0v) is 20.0. The number of carbonyl (C=O) groups is 2. The molecule has 0 bridgehead atoms. The minimum Gasteiger partial charge on any atom is -0.506 e. The van der Waals surface area contributed by atoms with Gasteiger partial charge in [-0.2, -0.15) is 18.3 Å². The third-order valence-electron chi connectivity index (χ3n) is 5.72. The van der Waals surface area contributed by atoms with Crippen LogP contribution >= 0.6 is 0 Å². The minimum atomic E-state index is -4.61. The highest BCUT2D eigenvalue weighted by molar-refractivity contribution is 6.55. The number of amides is 1. The van der Waals surface area contributed by atoms with Gasteiger partial charge in [0.15, 0.2) is 5.71 Å². The van der Waals surface area contributed by atoms with Crippen LogP contribution in [0.1, 0.15) is 34.7 Å². The van der Waals surface area contributed by atoms with Gasteiger partial charge in [0.05, 0.1) is 16.9 Å². The van der Waals surface area contributed by atoms with Crippen LogP contribution in [-0.4, -0.2) is 27.8 Å². The Kier molecular flexibility index (Phi) is 6.51. The molecular weight excluding hydrogens is 487 g/mol. The van der Waals surface area contributed by atoms with Gasteiger partial charge in [0.1, 0.15) is 5.75 Å². The van der Waals surface area contributed by atoms with E-state index in [1.165, 1.54) is 42.2 Å². The summed E-state index contributed by atoms with van der Waals surface area (Å²) in [4.78, 5) is 25.6. The summed E-state index contributed by atoms with van der Waals surface area (Å²) in [6.07, 6.45) is -3.24. The van der Waals surface area contributed by atoms with E-state index >= 15 is 0 Å². The summed E-state index contributed by atoms with van der Waals surface area (Å²) in [5.74, 6) is -2.00. The van der Waals surface area contributed by atoms with Crippen LogP contribution in [0.3, 0.4) is 0 Å². The first-order chi connectivity index (χ1) is 17.3. The number of carboxylic acid groups (broad SMARTS) is 1. The van der Waals surface area contributed by atoms with Crippen molar-refractivity contribution in [3.8, 4) is 5.75 Å². The van der Waals surface area contributed by atoms with Crippen LogP contribution in [0, 0.1) is 13.8 Å². The molecule has 1 aliphatic heterocycles. The average Bonchev–Trinajstić information content (AvgIpc) is 3.07. The van der Waals surface area contributed by atoms with E-state index in [0.29, 0.717) is 11.3 Å². The van der Waals surface area contributed by atoms with Crippen LogP contribution < -0.4 is 10.3 Å². The molecule has 190 valence electrons. The molecule has 0 unspecified atom stereocenters. The number of anilines is 3. The first-order valence-electron chi connectivity index (χ1n) is 11.1. The average molecular weight is 509 g/mol. The smallest absolute Gasteiger partial charge is 0.416 e. The number of hydrazone groups is 1. The number of nitrogens with zero attached hydrogens (tertiary/aromatic N) is 2. The molecule has 3 aromatic rings. The predicted octanol–water partition coefficient (Wildman–Crippen LogP) is 6.01. The van der Waals surface area contributed by atoms with Gasteiger partial charge < -0.3 is 10.2 Å². The number of aliphatic carboxylic acids is 1. The number of carboxylic acids is 1. The second kappa shape index (κ2) is 9.45. The van der Waals surface area contributed by atoms with Crippen LogP contribution in [0.4, 0.5) is 30.2 Å². The van der Waals surface area contributed by atoms with Crippen LogP contribution in [-0.2, 0) is 15.8 Å². The molecule has 0 aromatic heterocycles. The maximum atomic E-state index is 13.5. The Morgan fingerprint density at radius 3 is 2.30 bits per heavy atom. The molecule has 0 saturated carbocycles. The lowest BCUT2D eigenvalue weighted by Crippen LogP contribution is -2.26. The Hall–Kier alpha value is -4.60. The standard InChI is InChI=1S/C27H22F3N3O4/c1-14-8-15(2)10-19(9-14)33-22-13-18(27(28,29)30)5-6-20(22)24(25(33)35)32-31-21-7-4-17(12-23(21)34)11-16(3)26(36)37/h4-13,31,34H,1-3H3,(H,36,37)/b16-11+,32-24-. The topological polar surface area (TPSA) is 102 Å². The molecule has 1 aliphatic rings. The van der Waals surface area contributed by atoms with Crippen molar-refractivity contribution in [2.45, 2.75) is 26.9 Å². The number of hydrogen-bond donors (Lipinski definition) is 3. The molecule has 10 heteroatoms. The van der Waals surface area contributed by atoms with Gasteiger partial charge in [-0.3, -0.25) is 15.1 Å². The zero-order chi connectivity index (χ0) is 27.1. The first-order valence-corrected chi connectivity index (χ1v) is 11.1. The molecule has 0 atom stereocenters. The number of alkyl halides is 3. The second-order valence-corrected chi connectivity index (χ2v) is 8.70. The van der Waals surface area contributed by atoms with Gasteiger partial charge >= 0.3 is 12.1 Å². The van der Waals surface area contributed by atoms with Crippen molar-refractivity contribution in [2.75, 3.05) is 10.3 Å². The Morgan fingerprint density at radius 1 is 1.03 bits per heavy atom. The maximum absolute atomic E-state index is 13.5. The van der Waals surface area contributed by atoms with Crippen molar-refractivity contribution in [3.63, 3.8) is 0 Å². The molecule has 1 amide bonds. The summed E-state index contributed by atoms with van der Waals surface area (Å²) in [7, 11) is 0. The molecule has 0 aliphatic carbocycles. The zero-order valence-electron chi connectivity index (χ0n) is 20.0. The molecule has 37 heavy (non-hydrogen) atoms. The highest BCUT2D eigenvalue weighted by atomic mass is 19.4. The van der Waals surface area contributed by atoms with Crippen molar-refractivity contribution in [2.24, 2.45) is 5.10 Å². The van der Waals surface area contributed by atoms with E-state index in [0.717, 1.165) is 23.3 Å². The number of nitrogens with one attached hydrogen (secondary N) is 1. The molecule has 1 heterocycles. The van der Waals surface area contributed by atoms with Crippen molar-refractivity contribution < 1.29 is 33.0 Å². The normalized spacial score (nSPS) is 14.8. The maximum Gasteiger partial charge on any atom is 0.416 e. The Bertz CT molecular complexity index is 1470. The number of phenolic OH excluding ortho intramolecular Hbond substituents is 1. The fourth-order valence-electron chi connectivity index (χ4n) is 4.03. The van der Waals surface area contributed by atoms with Gasteiger partial charge in [0.25, 0.3) is 5.91 Å². The Balaban J connectivity index is 1.75. The molecule has 0 fully saturated rings. The molecule has 0 saturated heterocycles. The van der Waals surface area contributed by atoms with Crippen LogP contribution in [0.2, 0.25) is 0 Å². The predicted molar refractivity (Wildman–Crippen MR) is 134 cm³/mol. The Morgan fingerprint density at radius 2 is 1.70 bits per heavy atom. The van der Waals surface area contributed by atoms with E-state index in [1.807, 2.05) is 19.9 Å². The van der Waals surface area contributed by atoms with Crippen LogP contribution in [0.15, 0.2) is 65.3 Å². The largest absolute Gasteiger partial charge is 0.506 e. The summed E-state index contributed by atoms with van der Waals surface area (Å²) in [6, 6.07) is 12.6. The van der Waals surface area contributed by atoms with Gasteiger partial charge in [-0.1, -0.05) is 12.1 Å². The molecule has 3 N–H and O–H groups in total. The monoisotopic (exact) mass is 509 g/mol. The Labute approximate surface area is 210 Å². The van der Waals surface area contributed by atoms with Gasteiger partial charge in [-0.25, -0.2) is 4.79 Å². The lowest BCUT2D eigenvalue weighted by atomic mass is 10.1. The number of hydrogen-bond acceptors (Lipinski definition) is 5. The number of phenols is 1. The van der Waals surface area contributed by atoms with Gasteiger partial charge in [-0.15, -0.1) is 0 Å². The van der Waals surface area contributed by atoms with Gasteiger partial charge in [0, 0.05) is 16.8 Å². The van der Waals surface area contributed by atoms with Crippen molar-refractivity contribution >= 4 is 40.7 Å². The van der Waals surface area contributed by atoms with Crippen LogP contribution in [0.25, 0.3) is 6.08 Å². The fraction of sp³-hybridized carbons (Fsp3) is 0.148. The first kappa shape index (κ1) is 25.5. The van der Waals surface area contributed by atoms with Crippen molar-refractivity contribution in [3.05, 3.63) is 88.0 Å². The number of fused-ring (bicyclic) bond motifs is 1. The van der Waals surface area contributed by atoms with E-state index in [2.05, 4.69) is 10.5 Å². The molecule has 7 nitrogen and oxygen atoms in total. The van der Waals surface area contributed by atoms with E-state index in [1.54, 1.807) is 12.1 Å². The minimum absolute atomic E-state index is 0.0410. The molecule has 0 spiro atoms. The van der Waals surface area contributed by atoms with E-state index in [9.17, 15) is 27.9 Å². The fourth-order valence-corrected chi connectivity index (χ4v) is 4.03. The van der Waals surface area contributed by atoms with Crippen molar-refractivity contribution in [1.29, 1.82) is 0 Å². The van der Waals surface area contributed by atoms with E-state index in [-0.39, 0.29) is 34.0 Å². The molecule has 0 radical (unpaired) electrons. The number of rotatable bonds is 5. The lowest BCUT2D eigenvalue weighted by Gasteiger charge is -2.19. The summed E-state index contributed by atoms with van der Waals surface area (Å²) < 4.78 is 40.4. The third kappa shape index (κ3) is 5.18. The number of carbonyl (C=O) groups excluding carboxylic acids is 1. The van der Waals surface area contributed by atoms with Crippen LogP contribution in [0.5, 0.6) is 5.75 Å². The van der Waals surface area contributed by atoms with Crippen molar-refractivity contribution in [1.82, 2.24) is 0 Å². The highest BCUT2D eigenvalue weighted by Crippen LogP contribution is 2.41. The lowest BCUT2D eigenvalue weighted by molar-refractivity contribution is -0.137. The van der Waals surface area contributed by atoms with E-state index < -0.39 is 23.6 Å². The SMILES string of the molecule is C/C(=C\c1ccc(N/N=C2\C(=O)N(c3cc(C)cc(C)c3)c3cc(C(F)(F)F)ccc32)c(O)c1)C(=O)O.